The largest absolute Gasteiger partial charge is 0.318 e. The molecule has 2 rings (SSSR count). The van der Waals surface area contributed by atoms with Crippen molar-refractivity contribution in [2.45, 2.75) is 26.2 Å². The van der Waals surface area contributed by atoms with Crippen LogP contribution in [0.15, 0.2) is 48.5 Å². The maximum Gasteiger partial charge on any atom is 0.314 e. The first kappa shape index (κ1) is 17.5. The molecule has 0 atom stereocenters. The molecule has 0 fully saturated rings. The van der Waals surface area contributed by atoms with Gasteiger partial charge in [-0.3, -0.25) is 9.59 Å². The van der Waals surface area contributed by atoms with Crippen molar-refractivity contribution >= 4 is 45.8 Å². The molecule has 2 aromatic carbocycles. The zero-order chi connectivity index (χ0) is 17.0. The lowest BCUT2D eigenvalue weighted by Crippen LogP contribution is -2.29. The van der Waals surface area contributed by atoms with Crippen LogP contribution in [0.2, 0.25) is 0 Å². The topological polar surface area (TPSA) is 58.2 Å². The van der Waals surface area contributed by atoms with E-state index in [1.54, 1.807) is 24.3 Å². The number of hydrogen-bond donors (Lipinski definition) is 2. The van der Waals surface area contributed by atoms with Gasteiger partial charge >= 0.3 is 11.8 Å². The normalized spacial score (nSPS) is 11.0. The number of carbonyl (C=O) groups excluding carboxylic acids is 2. The van der Waals surface area contributed by atoms with E-state index < -0.39 is 11.8 Å². The number of hydrogen-bond acceptors (Lipinski definition) is 2. The smallest absolute Gasteiger partial charge is 0.314 e. The Morgan fingerprint density at radius 2 is 1.17 bits per heavy atom. The molecule has 0 aliphatic rings. The number of anilines is 2. The maximum atomic E-state index is 11.9. The molecule has 0 saturated heterocycles. The Kier molecular flexibility index (Phi) is 5.41. The van der Waals surface area contributed by atoms with Crippen molar-refractivity contribution in [2.75, 3.05) is 10.6 Å². The van der Waals surface area contributed by atoms with Crippen LogP contribution in [0.1, 0.15) is 26.3 Å². The standard InChI is InChI=1S/C18H19IN2O2/c1-18(2,3)12-4-8-14(9-5-12)20-16(22)17(23)21-15-10-6-13(19)7-11-15/h4-11H,1-3H3,(H,20,22)(H,21,23). The van der Waals surface area contributed by atoms with E-state index in [1.165, 1.54) is 5.56 Å². The molecule has 0 aliphatic carbocycles. The van der Waals surface area contributed by atoms with Gasteiger partial charge in [0.1, 0.15) is 0 Å². The summed E-state index contributed by atoms with van der Waals surface area (Å²) in [6, 6.07) is 14.7. The third-order valence-corrected chi connectivity index (χ3v) is 4.04. The lowest BCUT2D eigenvalue weighted by Gasteiger charge is -2.19. The van der Waals surface area contributed by atoms with Crippen LogP contribution in [0, 0.1) is 3.57 Å². The molecule has 120 valence electrons. The molecule has 0 saturated carbocycles. The highest BCUT2D eigenvalue weighted by Crippen LogP contribution is 2.23. The minimum Gasteiger partial charge on any atom is -0.318 e. The molecular formula is C18H19IN2O2. The zero-order valence-corrected chi connectivity index (χ0v) is 15.5. The fourth-order valence-electron chi connectivity index (χ4n) is 1.96. The Balaban J connectivity index is 1.98. The van der Waals surface area contributed by atoms with Crippen molar-refractivity contribution in [1.82, 2.24) is 0 Å². The van der Waals surface area contributed by atoms with E-state index in [4.69, 9.17) is 0 Å². The van der Waals surface area contributed by atoms with Gasteiger partial charge in [0.05, 0.1) is 0 Å². The van der Waals surface area contributed by atoms with Crippen LogP contribution in [0.25, 0.3) is 0 Å². The summed E-state index contributed by atoms with van der Waals surface area (Å²) < 4.78 is 1.06. The van der Waals surface area contributed by atoms with E-state index in [9.17, 15) is 9.59 Å². The molecule has 0 aromatic heterocycles. The Bertz CT molecular complexity index is 701. The number of nitrogens with one attached hydrogen (secondary N) is 2. The van der Waals surface area contributed by atoms with Gasteiger partial charge in [-0.15, -0.1) is 0 Å². The van der Waals surface area contributed by atoms with E-state index in [0.29, 0.717) is 11.4 Å². The predicted molar refractivity (Wildman–Crippen MR) is 102 cm³/mol. The highest BCUT2D eigenvalue weighted by Gasteiger charge is 2.16. The second kappa shape index (κ2) is 7.12. The number of rotatable bonds is 2. The summed E-state index contributed by atoms with van der Waals surface area (Å²) in [7, 11) is 0. The van der Waals surface area contributed by atoms with Crippen molar-refractivity contribution in [3.63, 3.8) is 0 Å². The lowest BCUT2D eigenvalue weighted by atomic mass is 9.87. The van der Waals surface area contributed by atoms with Crippen LogP contribution < -0.4 is 10.6 Å². The van der Waals surface area contributed by atoms with E-state index >= 15 is 0 Å². The first-order valence-electron chi connectivity index (χ1n) is 7.24. The van der Waals surface area contributed by atoms with Gasteiger partial charge in [-0.05, 0) is 70.0 Å². The number of carbonyl (C=O) groups is 2. The summed E-state index contributed by atoms with van der Waals surface area (Å²) in [5, 5.41) is 5.17. The average Bonchev–Trinajstić information content (AvgIpc) is 2.49. The van der Waals surface area contributed by atoms with Crippen LogP contribution in [-0.4, -0.2) is 11.8 Å². The van der Waals surface area contributed by atoms with Gasteiger partial charge in [0.2, 0.25) is 0 Å². The van der Waals surface area contributed by atoms with Gasteiger partial charge in [0, 0.05) is 14.9 Å². The van der Waals surface area contributed by atoms with E-state index in [-0.39, 0.29) is 5.41 Å². The third-order valence-electron chi connectivity index (χ3n) is 3.32. The van der Waals surface area contributed by atoms with E-state index in [2.05, 4.69) is 54.0 Å². The molecule has 2 amide bonds. The Hall–Kier alpha value is -1.89. The molecular weight excluding hydrogens is 403 g/mol. The Labute approximate surface area is 149 Å². The van der Waals surface area contributed by atoms with Crippen molar-refractivity contribution < 1.29 is 9.59 Å². The first-order valence-corrected chi connectivity index (χ1v) is 8.32. The van der Waals surface area contributed by atoms with Gasteiger partial charge in [-0.25, -0.2) is 0 Å². The van der Waals surface area contributed by atoms with Gasteiger partial charge in [0.25, 0.3) is 0 Å². The maximum absolute atomic E-state index is 11.9. The van der Waals surface area contributed by atoms with Gasteiger partial charge < -0.3 is 10.6 Å². The molecule has 2 aromatic rings. The van der Waals surface area contributed by atoms with Crippen molar-refractivity contribution in [3.8, 4) is 0 Å². The van der Waals surface area contributed by atoms with E-state index in [1.807, 2.05) is 24.3 Å². The van der Waals surface area contributed by atoms with Gasteiger partial charge in [-0.2, -0.15) is 0 Å². The minimum absolute atomic E-state index is 0.0464. The fraction of sp³-hybridized carbons (Fsp3) is 0.222. The highest BCUT2D eigenvalue weighted by atomic mass is 127. The molecule has 0 radical (unpaired) electrons. The summed E-state index contributed by atoms with van der Waals surface area (Å²) in [6.07, 6.45) is 0. The predicted octanol–water partition coefficient (Wildman–Crippen LogP) is 4.17. The molecule has 2 N–H and O–H groups in total. The van der Waals surface area contributed by atoms with Gasteiger partial charge in [-0.1, -0.05) is 32.9 Å². The Morgan fingerprint density at radius 3 is 1.57 bits per heavy atom. The number of amides is 2. The van der Waals surface area contributed by atoms with Crippen LogP contribution in [-0.2, 0) is 15.0 Å². The zero-order valence-electron chi connectivity index (χ0n) is 13.3. The number of halogens is 1. The molecule has 0 spiro atoms. The van der Waals surface area contributed by atoms with Crippen molar-refractivity contribution in [2.24, 2.45) is 0 Å². The van der Waals surface area contributed by atoms with Crippen molar-refractivity contribution in [1.29, 1.82) is 0 Å². The molecule has 0 unspecified atom stereocenters. The second-order valence-corrected chi connectivity index (χ2v) is 7.49. The summed E-state index contributed by atoms with van der Waals surface area (Å²) >= 11 is 2.17. The molecule has 23 heavy (non-hydrogen) atoms. The van der Waals surface area contributed by atoms with Crippen LogP contribution in [0.5, 0.6) is 0 Å². The summed E-state index contributed by atoms with van der Waals surface area (Å²) in [5.41, 5.74) is 2.40. The number of benzene rings is 2. The fourth-order valence-corrected chi connectivity index (χ4v) is 2.32. The van der Waals surface area contributed by atoms with Gasteiger partial charge in [0.15, 0.2) is 0 Å². The molecule has 4 nitrogen and oxygen atoms in total. The van der Waals surface area contributed by atoms with Crippen LogP contribution in [0.3, 0.4) is 0 Å². The van der Waals surface area contributed by atoms with Crippen molar-refractivity contribution in [3.05, 3.63) is 57.7 Å². The minimum atomic E-state index is -0.689. The first-order chi connectivity index (χ1) is 10.8. The molecule has 0 heterocycles. The average molecular weight is 422 g/mol. The monoisotopic (exact) mass is 422 g/mol. The summed E-state index contributed by atoms with van der Waals surface area (Å²) in [6.45, 7) is 6.36. The highest BCUT2D eigenvalue weighted by molar-refractivity contribution is 14.1. The van der Waals surface area contributed by atoms with E-state index in [0.717, 1.165) is 3.57 Å². The second-order valence-electron chi connectivity index (χ2n) is 6.24. The third kappa shape index (κ3) is 5.06. The molecule has 0 aliphatic heterocycles. The lowest BCUT2D eigenvalue weighted by molar-refractivity contribution is -0.132. The molecule has 5 heteroatoms. The van der Waals surface area contributed by atoms with Crippen LogP contribution in [0.4, 0.5) is 11.4 Å². The quantitative estimate of drug-likeness (QED) is 0.564. The van der Waals surface area contributed by atoms with Crippen LogP contribution >= 0.6 is 22.6 Å². The Morgan fingerprint density at radius 1 is 0.783 bits per heavy atom. The summed E-state index contributed by atoms with van der Waals surface area (Å²) in [4.78, 5) is 23.8. The SMILES string of the molecule is CC(C)(C)c1ccc(NC(=O)C(=O)Nc2ccc(I)cc2)cc1. The molecule has 0 bridgehead atoms. The summed E-state index contributed by atoms with van der Waals surface area (Å²) in [5.74, 6) is -1.38.